The van der Waals surface area contributed by atoms with Gasteiger partial charge in [-0.2, -0.15) is 8.78 Å². The molecule has 78 valence electrons. The summed E-state index contributed by atoms with van der Waals surface area (Å²) in [6.45, 7) is -1.12. The Kier molecular flexibility index (Phi) is 3.83. The molecule has 2 nitrogen and oxygen atoms in total. The van der Waals surface area contributed by atoms with Crippen LogP contribution < -0.4 is 10.5 Å². The Morgan fingerprint density at radius 1 is 1.43 bits per heavy atom. The minimum absolute atomic E-state index is 0.123. The molecule has 0 aliphatic heterocycles. The Labute approximate surface area is 89.2 Å². The predicted octanol–water partition coefficient (Wildman–Crippen LogP) is 3.07. The van der Waals surface area contributed by atoms with Crippen LogP contribution in [0.15, 0.2) is 22.7 Å². The van der Waals surface area contributed by atoms with Crippen molar-refractivity contribution in [1.82, 2.24) is 0 Å². The fourth-order valence-electron chi connectivity index (χ4n) is 1.08. The van der Waals surface area contributed by atoms with Crippen molar-refractivity contribution in [2.45, 2.75) is 19.6 Å². The minimum Gasteiger partial charge on any atom is -0.434 e. The number of benzene rings is 1. The van der Waals surface area contributed by atoms with Crippen molar-refractivity contribution in [2.75, 3.05) is 0 Å². The SMILES string of the molecule is C[C@@H](N)c1cc(Br)ccc1OC(F)F. The maximum absolute atomic E-state index is 12.0. The van der Waals surface area contributed by atoms with E-state index in [0.717, 1.165) is 4.47 Å². The number of hydrogen-bond donors (Lipinski definition) is 1. The topological polar surface area (TPSA) is 35.2 Å². The number of alkyl halides is 2. The molecule has 0 aliphatic rings. The molecule has 0 radical (unpaired) electrons. The third kappa shape index (κ3) is 2.92. The zero-order chi connectivity index (χ0) is 10.7. The van der Waals surface area contributed by atoms with Gasteiger partial charge in [-0.15, -0.1) is 0 Å². The van der Waals surface area contributed by atoms with Crippen LogP contribution in [0, 0.1) is 0 Å². The molecule has 1 atom stereocenters. The van der Waals surface area contributed by atoms with E-state index in [-0.39, 0.29) is 11.8 Å². The fraction of sp³-hybridized carbons (Fsp3) is 0.333. The average molecular weight is 266 g/mol. The molecular formula is C9H10BrF2NO. The minimum atomic E-state index is -2.83. The van der Waals surface area contributed by atoms with Crippen molar-refractivity contribution >= 4 is 15.9 Å². The summed E-state index contributed by atoms with van der Waals surface area (Å²) >= 11 is 3.23. The van der Waals surface area contributed by atoms with Crippen molar-refractivity contribution in [2.24, 2.45) is 5.73 Å². The van der Waals surface area contributed by atoms with E-state index in [1.54, 1.807) is 19.1 Å². The molecule has 0 aliphatic carbocycles. The lowest BCUT2D eigenvalue weighted by Crippen LogP contribution is -2.10. The zero-order valence-corrected chi connectivity index (χ0v) is 9.09. The first-order chi connectivity index (χ1) is 6.50. The Morgan fingerprint density at radius 3 is 2.57 bits per heavy atom. The summed E-state index contributed by atoms with van der Waals surface area (Å²) in [5, 5.41) is 0. The van der Waals surface area contributed by atoms with Gasteiger partial charge in [0.25, 0.3) is 0 Å². The van der Waals surface area contributed by atoms with E-state index >= 15 is 0 Å². The first kappa shape index (κ1) is 11.4. The number of rotatable bonds is 3. The molecule has 1 aromatic carbocycles. The van der Waals surface area contributed by atoms with E-state index in [1.807, 2.05) is 0 Å². The second-order valence-electron chi connectivity index (χ2n) is 2.85. The highest BCUT2D eigenvalue weighted by atomic mass is 79.9. The summed E-state index contributed by atoms with van der Waals surface area (Å²) in [5.41, 5.74) is 6.17. The number of hydrogen-bond acceptors (Lipinski definition) is 2. The van der Waals surface area contributed by atoms with E-state index in [2.05, 4.69) is 20.7 Å². The molecule has 0 heterocycles. The molecule has 2 N–H and O–H groups in total. The van der Waals surface area contributed by atoms with E-state index in [9.17, 15) is 8.78 Å². The van der Waals surface area contributed by atoms with Gasteiger partial charge in [-0.25, -0.2) is 0 Å². The van der Waals surface area contributed by atoms with Gasteiger partial charge in [-0.3, -0.25) is 0 Å². The van der Waals surface area contributed by atoms with Gasteiger partial charge < -0.3 is 10.5 Å². The summed E-state index contributed by atoms with van der Waals surface area (Å²) in [4.78, 5) is 0. The molecule has 0 spiro atoms. The largest absolute Gasteiger partial charge is 0.434 e. The van der Waals surface area contributed by atoms with Gasteiger partial charge in [0.1, 0.15) is 5.75 Å². The van der Waals surface area contributed by atoms with Gasteiger partial charge in [-0.1, -0.05) is 15.9 Å². The summed E-state index contributed by atoms with van der Waals surface area (Å²) in [6.07, 6.45) is 0. The van der Waals surface area contributed by atoms with Crippen LogP contribution in [0.2, 0.25) is 0 Å². The standard InChI is InChI=1S/C9H10BrF2NO/c1-5(13)7-4-6(10)2-3-8(7)14-9(11)12/h2-5,9H,13H2,1H3/t5-/m1/s1. The van der Waals surface area contributed by atoms with Gasteiger partial charge in [-0.05, 0) is 25.1 Å². The zero-order valence-electron chi connectivity index (χ0n) is 7.51. The third-order valence-corrected chi connectivity index (χ3v) is 2.17. The number of ether oxygens (including phenoxy) is 1. The Hall–Kier alpha value is -0.680. The summed E-state index contributed by atoms with van der Waals surface area (Å²) < 4.78 is 29.1. The highest BCUT2D eigenvalue weighted by Crippen LogP contribution is 2.28. The lowest BCUT2D eigenvalue weighted by atomic mass is 10.1. The average Bonchev–Trinajstić information content (AvgIpc) is 2.07. The Bertz CT molecular complexity index is 318. The van der Waals surface area contributed by atoms with Crippen LogP contribution in [0.5, 0.6) is 5.75 Å². The smallest absolute Gasteiger partial charge is 0.387 e. The first-order valence-corrected chi connectivity index (χ1v) is 4.80. The Morgan fingerprint density at radius 2 is 2.07 bits per heavy atom. The molecule has 0 saturated heterocycles. The van der Waals surface area contributed by atoms with Gasteiger partial charge in [0.2, 0.25) is 0 Å². The highest BCUT2D eigenvalue weighted by molar-refractivity contribution is 9.10. The van der Waals surface area contributed by atoms with Crippen LogP contribution in [0.3, 0.4) is 0 Å². The maximum Gasteiger partial charge on any atom is 0.387 e. The summed E-state index contributed by atoms with van der Waals surface area (Å²) in [5.74, 6) is 0.123. The quantitative estimate of drug-likeness (QED) is 0.912. The summed E-state index contributed by atoms with van der Waals surface area (Å²) in [6, 6.07) is 4.42. The maximum atomic E-state index is 12.0. The van der Waals surface area contributed by atoms with Crippen LogP contribution in [0.1, 0.15) is 18.5 Å². The second kappa shape index (κ2) is 4.70. The molecule has 0 fully saturated rings. The Balaban J connectivity index is 3.02. The highest BCUT2D eigenvalue weighted by Gasteiger charge is 2.12. The first-order valence-electron chi connectivity index (χ1n) is 4.00. The van der Waals surface area contributed by atoms with E-state index in [1.165, 1.54) is 6.07 Å². The molecule has 1 rings (SSSR count). The van der Waals surface area contributed by atoms with Crippen LogP contribution in [-0.4, -0.2) is 6.61 Å². The molecule has 14 heavy (non-hydrogen) atoms. The van der Waals surface area contributed by atoms with E-state index < -0.39 is 6.61 Å². The predicted molar refractivity (Wildman–Crippen MR) is 53.4 cm³/mol. The molecule has 0 aromatic heterocycles. The van der Waals surface area contributed by atoms with Crippen LogP contribution in [-0.2, 0) is 0 Å². The van der Waals surface area contributed by atoms with Crippen molar-refractivity contribution in [1.29, 1.82) is 0 Å². The third-order valence-electron chi connectivity index (χ3n) is 1.68. The van der Waals surface area contributed by atoms with Crippen molar-refractivity contribution in [3.05, 3.63) is 28.2 Å². The summed E-state index contributed by atoms with van der Waals surface area (Å²) in [7, 11) is 0. The lowest BCUT2D eigenvalue weighted by molar-refractivity contribution is -0.0505. The normalized spacial score (nSPS) is 13.0. The molecule has 0 saturated carbocycles. The molecule has 5 heteroatoms. The van der Waals surface area contributed by atoms with Gasteiger partial charge in [0, 0.05) is 16.1 Å². The van der Waals surface area contributed by atoms with Gasteiger partial charge >= 0.3 is 6.61 Å². The fourth-order valence-corrected chi connectivity index (χ4v) is 1.46. The number of halogens is 3. The lowest BCUT2D eigenvalue weighted by Gasteiger charge is -2.13. The van der Waals surface area contributed by atoms with Crippen molar-refractivity contribution < 1.29 is 13.5 Å². The molecule has 0 unspecified atom stereocenters. The van der Waals surface area contributed by atoms with E-state index in [4.69, 9.17) is 5.73 Å². The molecular weight excluding hydrogens is 256 g/mol. The van der Waals surface area contributed by atoms with E-state index in [0.29, 0.717) is 5.56 Å². The van der Waals surface area contributed by atoms with Gasteiger partial charge in [0.05, 0.1) is 0 Å². The monoisotopic (exact) mass is 265 g/mol. The molecule has 1 aromatic rings. The van der Waals surface area contributed by atoms with Crippen LogP contribution >= 0.6 is 15.9 Å². The number of nitrogens with two attached hydrogens (primary N) is 1. The van der Waals surface area contributed by atoms with Crippen molar-refractivity contribution in [3.8, 4) is 5.75 Å². The van der Waals surface area contributed by atoms with Crippen molar-refractivity contribution in [3.63, 3.8) is 0 Å². The van der Waals surface area contributed by atoms with Crippen LogP contribution in [0.4, 0.5) is 8.78 Å². The molecule has 0 amide bonds. The molecule has 0 bridgehead atoms. The van der Waals surface area contributed by atoms with Crippen LogP contribution in [0.25, 0.3) is 0 Å². The second-order valence-corrected chi connectivity index (χ2v) is 3.77. The van der Waals surface area contributed by atoms with Gasteiger partial charge in [0.15, 0.2) is 0 Å².